The first kappa shape index (κ1) is 20.2. The van der Waals surface area contributed by atoms with E-state index in [4.69, 9.17) is 9.47 Å². The molecule has 0 aliphatic carbocycles. The highest BCUT2D eigenvalue weighted by molar-refractivity contribution is 5.88. The average molecular weight is 378 g/mol. The highest BCUT2D eigenvalue weighted by atomic mass is 19.1. The summed E-state index contributed by atoms with van der Waals surface area (Å²) in [5.41, 5.74) is 0.0307. The van der Waals surface area contributed by atoms with E-state index in [1.165, 1.54) is 12.1 Å². The largest absolute Gasteiger partial charge is 0.381 e. The molecule has 0 saturated carbocycles. The van der Waals surface area contributed by atoms with Gasteiger partial charge >= 0.3 is 0 Å². The Morgan fingerprint density at radius 1 is 1.19 bits per heavy atom. The van der Waals surface area contributed by atoms with Crippen molar-refractivity contribution in [1.29, 1.82) is 0 Å². The summed E-state index contributed by atoms with van der Waals surface area (Å²) >= 11 is 0. The molecule has 2 aliphatic rings. The van der Waals surface area contributed by atoms with Crippen molar-refractivity contribution in [2.24, 2.45) is 5.92 Å². The Morgan fingerprint density at radius 2 is 1.85 bits per heavy atom. The smallest absolute Gasteiger partial charge is 0.230 e. The SMILES string of the molecule is CC(C)C(CNC(=O)C1(c2cccc(F)c2)CCOCC1)N1CCOCC1. The van der Waals surface area contributed by atoms with Crippen LogP contribution in [0.1, 0.15) is 32.3 Å². The lowest BCUT2D eigenvalue weighted by Gasteiger charge is -2.39. The number of nitrogens with zero attached hydrogens (tertiary/aromatic N) is 1. The van der Waals surface area contributed by atoms with Crippen molar-refractivity contribution < 1.29 is 18.7 Å². The van der Waals surface area contributed by atoms with Gasteiger partial charge in [0.2, 0.25) is 5.91 Å². The Morgan fingerprint density at radius 3 is 2.48 bits per heavy atom. The molecule has 1 atom stereocenters. The number of nitrogens with one attached hydrogen (secondary N) is 1. The van der Waals surface area contributed by atoms with Crippen LogP contribution in [0.3, 0.4) is 0 Å². The Kier molecular flexibility index (Phi) is 6.84. The van der Waals surface area contributed by atoms with E-state index >= 15 is 0 Å². The van der Waals surface area contributed by atoms with Crippen molar-refractivity contribution in [1.82, 2.24) is 10.2 Å². The van der Waals surface area contributed by atoms with Crippen LogP contribution >= 0.6 is 0 Å². The summed E-state index contributed by atoms with van der Waals surface area (Å²) in [6, 6.07) is 6.71. The fourth-order valence-electron chi connectivity index (χ4n) is 4.21. The van der Waals surface area contributed by atoms with Crippen LogP contribution in [0.15, 0.2) is 24.3 Å². The first-order chi connectivity index (χ1) is 13.0. The van der Waals surface area contributed by atoms with Gasteiger partial charge in [-0.05, 0) is 36.5 Å². The van der Waals surface area contributed by atoms with E-state index in [2.05, 4.69) is 24.1 Å². The van der Waals surface area contributed by atoms with Gasteiger partial charge in [-0.3, -0.25) is 9.69 Å². The molecule has 150 valence electrons. The molecule has 1 N–H and O–H groups in total. The van der Waals surface area contributed by atoms with Crippen molar-refractivity contribution in [2.45, 2.75) is 38.1 Å². The van der Waals surface area contributed by atoms with Crippen LogP contribution in [-0.4, -0.2) is 62.9 Å². The maximum Gasteiger partial charge on any atom is 0.230 e. The van der Waals surface area contributed by atoms with Crippen molar-refractivity contribution in [2.75, 3.05) is 46.1 Å². The molecule has 3 rings (SSSR count). The third kappa shape index (κ3) is 4.68. The van der Waals surface area contributed by atoms with E-state index in [0.717, 1.165) is 31.9 Å². The van der Waals surface area contributed by atoms with Crippen LogP contribution in [0.2, 0.25) is 0 Å². The van der Waals surface area contributed by atoms with Gasteiger partial charge < -0.3 is 14.8 Å². The quantitative estimate of drug-likeness (QED) is 0.826. The Labute approximate surface area is 161 Å². The van der Waals surface area contributed by atoms with E-state index in [1.54, 1.807) is 6.07 Å². The summed E-state index contributed by atoms with van der Waals surface area (Å²) in [6.45, 7) is 9.25. The number of carbonyl (C=O) groups is 1. The summed E-state index contributed by atoms with van der Waals surface area (Å²) in [7, 11) is 0. The minimum Gasteiger partial charge on any atom is -0.381 e. The predicted molar refractivity (Wildman–Crippen MR) is 102 cm³/mol. The highest BCUT2D eigenvalue weighted by Crippen LogP contribution is 2.35. The number of halogens is 1. The third-order valence-electron chi connectivity index (χ3n) is 5.91. The summed E-state index contributed by atoms with van der Waals surface area (Å²) < 4.78 is 24.8. The Balaban J connectivity index is 1.74. The molecule has 2 saturated heterocycles. The van der Waals surface area contributed by atoms with Crippen LogP contribution in [0.4, 0.5) is 4.39 Å². The molecule has 1 aromatic rings. The topological polar surface area (TPSA) is 50.8 Å². The number of benzene rings is 1. The predicted octanol–water partition coefficient (Wildman–Crippen LogP) is 2.35. The summed E-state index contributed by atoms with van der Waals surface area (Å²) in [5.74, 6) is 0.0954. The standard InChI is InChI=1S/C21H31FN2O3/c1-16(2)19(24-8-12-27-13-9-24)15-23-20(25)21(6-10-26-11-7-21)17-4-3-5-18(22)14-17/h3-5,14,16,19H,6-13,15H2,1-2H3,(H,23,25). The number of amides is 1. The number of morpholine rings is 1. The molecule has 1 amide bonds. The molecule has 1 aromatic carbocycles. The first-order valence-corrected chi connectivity index (χ1v) is 9.97. The van der Waals surface area contributed by atoms with Crippen LogP contribution in [-0.2, 0) is 19.7 Å². The minimum absolute atomic E-state index is 0.0182. The van der Waals surface area contributed by atoms with Gasteiger partial charge in [-0.1, -0.05) is 26.0 Å². The van der Waals surface area contributed by atoms with Gasteiger partial charge in [0.1, 0.15) is 5.82 Å². The van der Waals surface area contributed by atoms with Gasteiger partial charge in [-0.25, -0.2) is 4.39 Å². The molecule has 2 fully saturated rings. The first-order valence-electron chi connectivity index (χ1n) is 9.97. The molecule has 0 aromatic heterocycles. The number of hydrogen-bond acceptors (Lipinski definition) is 4. The van der Waals surface area contributed by atoms with Crippen molar-refractivity contribution in [3.05, 3.63) is 35.6 Å². The van der Waals surface area contributed by atoms with E-state index in [9.17, 15) is 9.18 Å². The Bertz CT molecular complexity index is 626. The molecule has 5 nitrogen and oxygen atoms in total. The second kappa shape index (κ2) is 9.13. The van der Waals surface area contributed by atoms with Crippen LogP contribution in [0, 0.1) is 11.7 Å². The average Bonchev–Trinajstić information content (AvgIpc) is 2.69. The van der Waals surface area contributed by atoms with E-state index in [1.807, 2.05) is 6.07 Å². The van der Waals surface area contributed by atoms with Gasteiger partial charge in [0.15, 0.2) is 0 Å². The second-order valence-electron chi connectivity index (χ2n) is 7.87. The van der Waals surface area contributed by atoms with E-state index in [0.29, 0.717) is 38.5 Å². The maximum absolute atomic E-state index is 13.8. The zero-order chi connectivity index (χ0) is 19.3. The molecule has 1 unspecified atom stereocenters. The summed E-state index contributed by atoms with van der Waals surface area (Å²) in [6.07, 6.45) is 1.15. The third-order valence-corrected chi connectivity index (χ3v) is 5.91. The van der Waals surface area contributed by atoms with Crippen molar-refractivity contribution in [3.63, 3.8) is 0 Å². The number of carbonyl (C=O) groups excluding carboxylic acids is 1. The van der Waals surface area contributed by atoms with Gasteiger partial charge in [-0.15, -0.1) is 0 Å². The summed E-state index contributed by atoms with van der Waals surface area (Å²) in [4.78, 5) is 15.7. The number of ether oxygens (including phenoxy) is 2. The van der Waals surface area contributed by atoms with Gasteiger partial charge in [-0.2, -0.15) is 0 Å². The molecule has 0 spiro atoms. The van der Waals surface area contributed by atoms with Crippen molar-refractivity contribution >= 4 is 5.91 Å². The highest BCUT2D eigenvalue weighted by Gasteiger charge is 2.42. The zero-order valence-corrected chi connectivity index (χ0v) is 16.4. The van der Waals surface area contributed by atoms with E-state index in [-0.39, 0.29) is 17.8 Å². The molecular formula is C21H31FN2O3. The van der Waals surface area contributed by atoms with Crippen LogP contribution in [0.25, 0.3) is 0 Å². The molecule has 27 heavy (non-hydrogen) atoms. The normalized spacial score (nSPS) is 21.8. The Hall–Kier alpha value is -1.50. The number of hydrogen-bond donors (Lipinski definition) is 1. The van der Waals surface area contributed by atoms with Crippen molar-refractivity contribution in [3.8, 4) is 0 Å². The maximum atomic E-state index is 13.8. The fraction of sp³-hybridized carbons (Fsp3) is 0.667. The van der Waals surface area contributed by atoms with Crippen LogP contribution in [0.5, 0.6) is 0 Å². The molecule has 6 heteroatoms. The van der Waals surface area contributed by atoms with Gasteiger partial charge in [0.05, 0.1) is 18.6 Å². The minimum atomic E-state index is -0.715. The van der Waals surface area contributed by atoms with Gasteiger partial charge in [0, 0.05) is 38.9 Å². The lowest BCUT2D eigenvalue weighted by Crippen LogP contribution is -2.54. The molecule has 0 bridgehead atoms. The lowest BCUT2D eigenvalue weighted by molar-refractivity contribution is -0.131. The molecule has 0 radical (unpaired) electrons. The molecular weight excluding hydrogens is 347 g/mol. The van der Waals surface area contributed by atoms with Crippen LogP contribution < -0.4 is 5.32 Å². The molecule has 2 aliphatic heterocycles. The monoisotopic (exact) mass is 378 g/mol. The van der Waals surface area contributed by atoms with Gasteiger partial charge in [0.25, 0.3) is 0 Å². The fourth-order valence-corrected chi connectivity index (χ4v) is 4.21. The lowest BCUT2D eigenvalue weighted by atomic mass is 9.73. The molecule has 2 heterocycles. The zero-order valence-electron chi connectivity index (χ0n) is 16.4. The summed E-state index contributed by atoms with van der Waals surface area (Å²) in [5, 5.41) is 3.19. The second-order valence-corrected chi connectivity index (χ2v) is 7.87. The van der Waals surface area contributed by atoms with E-state index < -0.39 is 5.41 Å². The number of rotatable bonds is 6.